The molecule has 0 unspecified atom stereocenters. The summed E-state index contributed by atoms with van der Waals surface area (Å²) in [5.41, 5.74) is 1.83. The van der Waals surface area contributed by atoms with Crippen LogP contribution in [0.15, 0.2) is 62.6 Å². The monoisotopic (exact) mass is 400 g/mol. The fourth-order valence-corrected chi connectivity index (χ4v) is 5.33. The zero-order valence-corrected chi connectivity index (χ0v) is 16.7. The molecule has 1 aromatic heterocycles. The maximum Gasteiger partial charge on any atom is 0.419 e. The topological polar surface area (TPSA) is 81.3 Å². The van der Waals surface area contributed by atoms with E-state index in [-0.39, 0.29) is 15.9 Å². The number of aromatic nitrogens is 1. The second-order valence-corrected chi connectivity index (χ2v) is 9.36. The Morgan fingerprint density at radius 2 is 1.79 bits per heavy atom. The predicted molar refractivity (Wildman–Crippen MR) is 108 cm³/mol. The molecule has 148 valence electrons. The van der Waals surface area contributed by atoms with Gasteiger partial charge in [0.05, 0.1) is 10.4 Å². The van der Waals surface area contributed by atoms with E-state index >= 15 is 0 Å². The van der Waals surface area contributed by atoms with Gasteiger partial charge in [-0.1, -0.05) is 49.6 Å². The zero-order chi connectivity index (χ0) is 19.8. The normalized spacial score (nSPS) is 17.0. The first-order chi connectivity index (χ1) is 13.4. The summed E-state index contributed by atoms with van der Waals surface area (Å²) >= 11 is 0. The highest BCUT2D eigenvalue weighted by molar-refractivity contribution is 7.89. The van der Waals surface area contributed by atoms with E-state index in [1.54, 1.807) is 13.1 Å². The zero-order valence-electron chi connectivity index (χ0n) is 15.8. The number of benzene rings is 2. The van der Waals surface area contributed by atoms with E-state index < -0.39 is 15.8 Å². The third-order valence-corrected chi connectivity index (χ3v) is 7.27. The third-order valence-electron chi connectivity index (χ3n) is 5.87. The maximum atomic E-state index is 12.9. The molecule has 0 bridgehead atoms. The Bertz CT molecular complexity index is 1140. The summed E-state index contributed by atoms with van der Waals surface area (Å²) in [5, 5.41) is 0. The van der Waals surface area contributed by atoms with Crippen molar-refractivity contribution < 1.29 is 12.8 Å². The van der Waals surface area contributed by atoms with Crippen molar-refractivity contribution in [3.63, 3.8) is 0 Å². The van der Waals surface area contributed by atoms with Crippen molar-refractivity contribution in [3.8, 4) is 0 Å². The van der Waals surface area contributed by atoms with Crippen LogP contribution in [-0.2, 0) is 22.5 Å². The van der Waals surface area contributed by atoms with Crippen molar-refractivity contribution in [2.24, 2.45) is 7.05 Å². The molecule has 7 heteroatoms. The van der Waals surface area contributed by atoms with Gasteiger partial charge in [-0.3, -0.25) is 4.57 Å². The van der Waals surface area contributed by atoms with Crippen LogP contribution in [0.25, 0.3) is 11.1 Å². The fourth-order valence-electron chi connectivity index (χ4n) is 4.19. The Hall–Kier alpha value is -2.38. The molecule has 4 rings (SSSR count). The second-order valence-electron chi connectivity index (χ2n) is 7.59. The highest BCUT2D eigenvalue weighted by atomic mass is 32.2. The number of hydrogen-bond donors (Lipinski definition) is 1. The Labute approximate surface area is 164 Å². The number of hydrogen-bond acceptors (Lipinski definition) is 4. The van der Waals surface area contributed by atoms with E-state index in [0.29, 0.717) is 12.1 Å². The minimum atomic E-state index is -3.72. The highest BCUT2D eigenvalue weighted by Crippen LogP contribution is 2.39. The first-order valence-electron chi connectivity index (χ1n) is 9.56. The lowest BCUT2D eigenvalue weighted by Crippen LogP contribution is -2.42. The summed E-state index contributed by atoms with van der Waals surface area (Å²) in [6.07, 6.45) is 5.30. The summed E-state index contributed by atoms with van der Waals surface area (Å²) in [4.78, 5) is 11.8. The smallest absolute Gasteiger partial charge is 0.408 e. The molecule has 6 nitrogen and oxygen atoms in total. The lowest BCUT2D eigenvalue weighted by molar-refractivity contribution is 0.293. The van der Waals surface area contributed by atoms with Crippen LogP contribution in [0.1, 0.15) is 37.7 Å². The molecule has 0 aliphatic heterocycles. The molecular weight excluding hydrogens is 376 g/mol. The molecule has 0 spiro atoms. The van der Waals surface area contributed by atoms with Crippen LogP contribution in [0, 0.1) is 0 Å². The number of fused-ring (bicyclic) bond motifs is 1. The SMILES string of the molecule is Cn1c(=O)oc2cc(S(=O)(=O)NCC3(c4ccccc4)CCCCC3)ccc21. The van der Waals surface area contributed by atoms with Gasteiger partial charge in [-0.15, -0.1) is 0 Å². The van der Waals surface area contributed by atoms with Gasteiger partial charge in [0.15, 0.2) is 5.58 Å². The summed E-state index contributed by atoms with van der Waals surface area (Å²) < 4.78 is 35.2. The van der Waals surface area contributed by atoms with E-state index in [1.807, 2.05) is 18.2 Å². The molecule has 0 saturated heterocycles. The molecular formula is C21H24N2O4S. The first kappa shape index (κ1) is 19.0. The summed E-state index contributed by atoms with van der Waals surface area (Å²) in [6.45, 7) is 0.357. The molecule has 0 radical (unpaired) electrons. The van der Waals surface area contributed by atoms with Gasteiger partial charge < -0.3 is 4.42 Å². The summed E-state index contributed by atoms with van der Waals surface area (Å²) in [6, 6.07) is 14.7. The van der Waals surface area contributed by atoms with Gasteiger partial charge in [-0.25, -0.2) is 17.9 Å². The van der Waals surface area contributed by atoms with Crippen LogP contribution in [0.3, 0.4) is 0 Å². The molecule has 3 aromatic rings. The van der Waals surface area contributed by atoms with Crippen LogP contribution >= 0.6 is 0 Å². The van der Waals surface area contributed by atoms with Gasteiger partial charge in [0.25, 0.3) is 0 Å². The molecule has 1 aliphatic rings. The molecule has 0 atom stereocenters. The van der Waals surface area contributed by atoms with Gasteiger partial charge in [0.2, 0.25) is 10.0 Å². The maximum absolute atomic E-state index is 12.9. The third kappa shape index (κ3) is 3.40. The number of nitrogens with zero attached hydrogens (tertiary/aromatic N) is 1. The van der Waals surface area contributed by atoms with Gasteiger partial charge in [0, 0.05) is 25.1 Å². The number of oxazole rings is 1. The van der Waals surface area contributed by atoms with Gasteiger partial charge in [0.1, 0.15) is 0 Å². The largest absolute Gasteiger partial charge is 0.419 e. The van der Waals surface area contributed by atoms with E-state index in [9.17, 15) is 13.2 Å². The number of nitrogens with one attached hydrogen (secondary N) is 1. The van der Waals surface area contributed by atoms with Crippen molar-refractivity contribution in [1.29, 1.82) is 0 Å². The van der Waals surface area contributed by atoms with Crippen molar-refractivity contribution in [3.05, 3.63) is 64.6 Å². The van der Waals surface area contributed by atoms with Gasteiger partial charge in [-0.2, -0.15) is 0 Å². The average molecular weight is 401 g/mol. The highest BCUT2D eigenvalue weighted by Gasteiger charge is 2.35. The first-order valence-corrected chi connectivity index (χ1v) is 11.0. The Morgan fingerprint density at radius 3 is 2.50 bits per heavy atom. The van der Waals surface area contributed by atoms with E-state index in [2.05, 4.69) is 16.9 Å². The van der Waals surface area contributed by atoms with E-state index in [0.717, 1.165) is 25.7 Å². The quantitative estimate of drug-likeness (QED) is 0.712. The summed E-state index contributed by atoms with van der Waals surface area (Å²) in [5.74, 6) is -0.511. The van der Waals surface area contributed by atoms with Crippen molar-refractivity contribution >= 4 is 21.1 Å². The van der Waals surface area contributed by atoms with Crippen LogP contribution in [0.2, 0.25) is 0 Å². The second kappa shape index (κ2) is 7.22. The minimum absolute atomic E-state index is 0.105. The van der Waals surface area contributed by atoms with E-state index in [1.165, 1.54) is 28.7 Å². The Balaban J connectivity index is 1.62. The Morgan fingerprint density at radius 1 is 1.07 bits per heavy atom. The molecule has 0 amide bonds. The van der Waals surface area contributed by atoms with Gasteiger partial charge >= 0.3 is 5.76 Å². The average Bonchev–Trinajstić information content (AvgIpc) is 3.01. The molecule has 1 heterocycles. The van der Waals surface area contributed by atoms with Crippen molar-refractivity contribution in [2.45, 2.75) is 42.4 Å². The molecule has 1 N–H and O–H groups in total. The van der Waals surface area contributed by atoms with Crippen LogP contribution < -0.4 is 10.5 Å². The van der Waals surface area contributed by atoms with Crippen LogP contribution in [0.4, 0.5) is 0 Å². The molecule has 1 aliphatic carbocycles. The minimum Gasteiger partial charge on any atom is -0.408 e. The van der Waals surface area contributed by atoms with Crippen LogP contribution in [0.5, 0.6) is 0 Å². The summed E-state index contributed by atoms with van der Waals surface area (Å²) in [7, 11) is -2.13. The van der Waals surface area contributed by atoms with E-state index in [4.69, 9.17) is 4.42 Å². The van der Waals surface area contributed by atoms with Crippen molar-refractivity contribution in [2.75, 3.05) is 6.54 Å². The molecule has 1 fully saturated rings. The standard InChI is InChI=1S/C21H24N2O4S/c1-23-18-11-10-17(14-19(18)27-20(23)24)28(25,26)22-15-21(12-6-3-7-13-21)16-8-4-2-5-9-16/h2,4-5,8-11,14,22H,3,6-7,12-13,15H2,1H3. The molecule has 2 aromatic carbocycles. The van der Waals surface area contributed by atoms with Crippen LogP contribution in [-0.4, -0.2) is 19.5 Å². The molecule has 1 saturated carbocycles. The Kier molecular flexibility index (Phi) is 4.89. The lowest BCUT2D eigenvalue weighted by atomic mass is 9.69. The number of rotatable bonds is 5. The lowest BCUT2D eigenvalue weighted by Gasteiger charge is -2.38. The predicted octanol–water partition coefficient (Wildman–Crippen LogP) is 3.31. The molecule has 28 heavy (non-hydrogen) atoms. The number of sulfonamides is 1. The number of aryl methyl sites for hydroxylation is 1. The van der Waals surface area contributed by atoms with Gasteiger partial charge in [-0.05, 0) is 30.5 Å². The van der Waals surface area contributed by atoms with Crippen molar-refractivity contribution in [1.82, 2.24) is 9.29 Å². The fraction of sp³-hybridized carbons (Fsp3) is 0.381.